The van der Waals surface area contributed by atoms with Gasteiger partial charge < -0.3 is 14.9 Å². The number of hydrogen-bond acceptors (Lipinski definition) is 4. The molecule has 1 unspecified atom stereocenters. The normalized spacial score (nSPS) is 17.7. The zero-order valence-corrected chi connectivity index (χ0v) is 20.2. The van der Waals surface area contributed by atoms with E-state index < -0.39 is 23.5 Å². The number of halogens is 1. The topological polar surface area (TPSA) is 82.7 Å². The van der Waals surface area contributed by atoms with Gasteiger partial charge in [0.1, 0.15) is 0 Å². The fourth-order valence-electron chi connectivity index (χ4n) is 4.33. The van der Waals surface area contributed by atoms with E-state index in [-0.39, 0.29) is 5.57 Å². The molecule has 0 bridgehead atoms. The average molecular weight is 479 g/mol. The smallest absolute Gasteiger partial charge is 0.295 e. The van der Waals surface area contributed by atoms with Crippen molar-refractivity contribution < 1.29 is 19.6 Å². The van der Waals surface area contributed by atoms with Crippen molar-refractivity contribution in [3.05, 3.63) is 88.2 Å². The van der Waals surface area contributed by atoms with Crippen LogP contribution >= 0.6 is 11.6 Å². The van der Waals surface area contributed by atoms with Crippen molar-refractivity contribution >= 4 is 29.1 Å². The number of nitrogens with zero attached hydrogens (tertiary/aromatic N) is 3. The summed E-state index contributed by atoms with van der Waals surface area (Å²) in [5, 5.41) is 18.6. The monoisotopic (exact) mass is 478 g/mol. The fourth-order valence-corrected chi connectivity index (χ4v) is 4.53. The highest BCUT2D eigenvalue weighted by molar-refractivity contribution is 6.46. The molecule has 1 aliphatic heterocycles. The van der Waals surface area contributed by atoms with Crippen LogP contribution in [-0.4, -0.2) is 53.6 Å². The van der Waals surface area contributed by atoms with Crippen molar-refractivity contribution in [2.24, 2.45) is 0 Å². The molecule has 4 rings (SSSR count). The van der Waals surface area contributed by atoms with Crippen LogP contribution < -0.4 is 10.0 Å². The van der Waals surface area contributed by atoms with Crippen molar-refractivity contribution in [2.45, 2.75) is 19.4 Å². The molecule has 1 fully saturated rings. The summed E-state index contributed by atoms with van der Waals surface area (Å²) in [6.07, 6.45) is 2.16. The SMILES string of the molecule is Cc1c(/C([O-])=C2\C(=O)C(=O)N(CCC[NH+](C)C)C2c2cccc(Cl)c2)cnn1-c1ccccc1. The molecule has 1 aliphatic rings. The van der Waals surface area contributed by atoms with Gasteiger partial charge in [-0.05, 0) is 36.8 Å². The van der Waals surface area contributed by atoms with Gasteiger partial charge in [0, 0.05) is 34.8 Å². The predicted molar refractivity (Wildman–Crippen MR) is 128 cm³/mol. The van der Waals surface area contributed by atoms with Crippen LogP contribution in [0.25, 0.3) is 11.4 Å². The number of para-hydroxylation sites is 1. The molecule has 0 aliphatic carbocycles. The Balaban J connectivity index is 1.81. The molecule has 0 saturated carbocycles. The van der Waals surface area contributed by atoms with E-state index in [0.717, 1.165) is 12.2 Å². The molecule has 0 spiro atoms. The minimum atomic E-state index is -0.789. The predicted octanol–water partition coefficient (Wildman–Crippen LogP) is 1.59. The first-order valence-corrected chi connectivity index (χ1v) is 11.6. The molecule has 8 heteroatoms. The first-order valence-electron chi connectivity index (χ1n) is 11.2. The van der Waals surface area contributed by atoms with Crippen molar-refractivity contribution in [3.8, 4) is 5.69 Å². The number of carbonyl (C=O) groups excluding carboxylic acids is 2. The second kappa shape index (κ2) is 9.83. The third kappa shape index (κ3) is 4.49. The highest BCUT2D eigenvalue weighted by Crippen LogP contribution is 2.39. The van der Waals surface area contributed by atoms with Crippen molar-refractivity contribution in [1.82, 2.24) is 14.7 Å². The number of quaternary nitrogens is 1. The van der Waals surface area contributed by atoms with Gasteiger partial charge in [0.25, 0.3) is 5.91 Å². The van der Waals surface area contributed by atoms with E-state index in [1.165, 1.54) is 16.0 Å². The van der Waals surface area contributed by atoms with Gasteiger partial charge in [0.2, 0.25) is 5.78 Å². The van der Waals surface area contributed by atoms with E-state index in [0.29, 0.717) is 34.8 Å². The highest BCUT2D eigenvalue weighted by Gasteiger charge is 2.44. The lowest BCUT2D eigenvalue weighted by Crippen LogP contribution is -3.05. The Kier molecular flexibility index (Phi) is 6.86. The van der Waals surface area contributed by atoms with Crippen LogP contribution in [0.2, 0.25) is 5.02 Å². The molecule has 1 saturated heterocycles. The van der Waals surface area contributed by atoms with Gasteiger partial charge in [0.15, 0.2) is 0 Å². The minimum absolute atomic E-state index is 0.0554. The first-order chi connectivity index (χ1) is 16.3. The standard InChI is InChI=1S/C26H27ClN4O3/c1-17-21(16-28-31(17)20-11-5-4-6-12-20)24(32)22-23(18-9-7-10-19(27)15-18)30(26(34)25(22)33)14-8-13-29(2)3/h4-7,9-12,15-16,23,32H,8,13-14H2,1-3H3/b24-22+. The number of aromatic nitrogens is 2. The molecule has 34 heavy (non-hydrogen) atoms. The van der Waals surface area contributed by atoms with E-state index in [9.17, 15) is 14.7 Å². The van der Waals surface area contributed by atoms with Crippen LogP contribution in [0.1, 0.15) is 29.3 Å². The van der Waals surface area contributed by atoms with Gasteiger partial charge in [-0.2, -0.15) is 5.10 Å². The molecule has 1 amide bonds. The number of nitrogens with one attached hydrogen (secondary N) is 1. The number of rotatable bonds is 7. The second-order valence-corrected chi connectivity index (χ2v) is 9.17. The van der Waals surface area contributed by atoms with Crippen molar-refractivity contribution in [3.63, 3.8) is 0 Å². The Morgan fingerprint density at radius 3 is 2.53 bits per heavy atom. The number of hydrogen-bond donors (Lipinski definition) is 1. The number of amides is 1. The van der Waals surface area contributed by atoms with Crippen LogP contribution in [0, 0.1) is 6.92 Å². The first kappa shape index (κ1) is 23.7. The highest BCUT2D eigenvalue weighted by atomic mass is 35.5. The van der Waals surface area contributed by atoms with Gasteiger partial charge in [-0.15, -0.1) is 0 Å². The summed E-state index contributed by atoms with van der Waals surface area (Å²) in [7, 11) is 4.05. The third-order valence-electron chi connectivity index (χ3n) is 6.02. The second-order valence-electron chi connectivity index (χ2n) is 8.73. The van der Waals surface area contributed by atoms with Crippen LogP contribution in [0.5, 0.6) is 0 Å². The minimum Gasteiger partial charge on any atom is -0.872 e. The lowest BCUT2D eigenvalue weighted by Gasteiger charge is -2.27. The average Bonchev–Trinajstić information content (AvgIpc) is 3.32. The van der Waals surface area contributed by atoms with Crippen LogP contribution in [0.3, 0.4) is 0 Å². The summed E-state index contributed by atoms with van der Waals surface area (Å²) in [6, 6.07) is 15.6. The largest absolute Gasteiger partial charge is 0.872 e. The number of carbonyl (C=O) groups is 2. The van der Waals surface area contributed by atoms with E-state index >= 15 is 0 Å². The number of Topliss-reactive ketones (excluding diaryl/α,β-unsaturated/α-hetero) is 1. The Labute approximate surface area is 203 Å². The summed E-state index contributed by atoms with van der Waals surface area (Å²) >= 11 is 6.23. The zero-order valence-electron chi connectivity index (χ0n) is 19.4. The maximum Gasteiger partial charge on any atom is 0.295 e. The van der Waals surface area contributed by atoms with E-state index in [2.05, 4.69) is 5.10 Å². The Hall–Kier alpha value is -3.42. The Morgan fingerprint density at radius 2 is 1.85 bits per heavy atom. The molecule has 3 aromatic rings. The molecule has 2 aromatic carbocycles. The fraction of sp³-hybridized carbons (Fsp3) is 0.269. The maximum atomic E-state index is 13.7. The van der Waals surface area contributed by atoms with Gasteiger partial charge in [-0.25, -0.2) is 4.68 Å². The molecular formula is C26H27ClN4O3. The third-order valence-corrected chi connectivity index (χ3v) is 6.26. The van der Waals surface area contributed by atoms with Crippen molar-refractivity contribution in [1.29, 1.82) is 0 Å². The molecular weight excluding hydrogens is 452 g/mol. The van der Waals surface area contributed by atoms with Crippen LogP contribution in [0.4, 0.5) is 0 Å². The van der Waals surface area contributed by atoms with E-state index in [1.807, 2.05) is 44.4 Å². The van der Waals surface area contributed by atoms with Crippen LogP contribution in [-0.2, 0) is 9.59 Å². The van der Waals surface area contributed by atoms with E-state index in [1.54, 1.807) is 35.9 Å². The van der Waals surface area contributed by atoms with E-state index in [4.69, 9.17) is 11.6 Å². The molecule has 0 radical (unpaired) electrons. The molecule has 1 N–H and O–H groups in total. The van der Waals surface area contributed by atoms with Gasteiger partial charge in [0.05, 0.1) is 38.6 Å². The molecule has 7 nitrogen and oxygen atoms in total. The van der Waals surface area contributed by atoms with Gasteiger partial charge in [-0.1, -0.05) is 47.7 Å². The lowest BCUT2D eigenvalue weighted by atomic mass is 9.95. The van der Waals surface area contributed by atoms with Crippen molar-refractivity contribution in [2.75, 3.05) is 27.2 Å². The van der Waals surface area contributed by atoms with Crippen LogP contribution in [0.15, 0.2) is 66.4 Å². The number of ketones is 1. The lowest BCUT2D eigenvalue weighted by molar-refractivity contribution is -0.858. The molecule has 1 atom stereocenters. The summed E-state index contributed by atoms with van der Waals surface area (Å²) in [5.41, 5.74) is 2.28. The Bertz CT molecular complexity index is 1250. The molecule has 1 aromatic heterocycles. The quantitative estimate of drug-likeness (QED) is 0.317. The number of benzene rings is 2. The summed E-state index contributed by atoms with van der Waals surface area (Å²) in [5.74, 6) is -1.90. The summed E-state index contributed by atoms with van der Waals surface area (Å²) in [6.45, 7) is 2.97. The number of likely N-dealkylation sites (tertiary alicyclic amines) is 1. The molecule has 2 heterocycles. The van der Waals surface area contributed by atoms with Gasteiger partial charge in [-0.3, -0.25) is 9.59 Å². The molecule has 176 valence electrons. The maximum absolute atomic E-state index is 13.7. The summed E-state index contributed by atoms with van der Waals surface area (Å²) in [4.78, 5) is 29.0. The Morgan fingerprint density at radius 1 is 1.12 bits per heavy atom. The zero-order chi connectivity index (χ0) is 24.4. The summed E-state index contributed by atoms with van der Waals surface area (Å²) < 4.78 is 1.65. The van der Waals surface area contributed by atoms with Gasteiger partial charge >= 0.3 is 0 Å².